The molecule has 0 saturated heterocycles. The largest absolute Gasteiger partial charge is 0.462 e. The maximum atomic E-state index is 12.9. The van der Waals surface area contributed by atoms with Gasteiger partial charge in [0.2, 0.25) is 0 Å². The van der Waals surface area contributed by atoms with Crippen LogP contribution in [0.4, 0.5) is 0 Å². The van der Waals surface area contributed by atoms with Crippen LogP contribution in [0, 0.1) is 0 Å². The van der Waals surface area contributed by atoms with E-state index in [1.165, 1.54) is 289 Å². The van der Waals surface area contributed by atoms with E-state index in [4.69, 9.17) is 14.2 Å². The Kier molecular flexibility index (Phi) is 66.1. The number of rotatable bonds is 66. The molecule has 0 aliphatic heterocycles. The first-order valence-electron chi connectivity index (χ1n) is 35.5. The lowest BCUT2D eigenvalue weighted by Crippen LogP contribution is -2.30. The van der Waals surface area contributed by atoms with Gasteiger partial charge in [-0.25, -0.2) is 0 Å². The molecule has 1 unspecified atom stereocenters. The van der Waals surface area contributed by atoms with E-state index < -0.39 is 6.10 Å². The third-order valence-corrected chi connectivity index (χ3v) is 16.1. The third kappa shape index (κ3) is 66.3. The van der Waals surface area contributed by atoms with E-state index in [-0.39, 0.29) is 31.1 Å². The highest BCUT2D eigenvalue weighted by Crippen LogP contribution is 2.18. The molecule has 0 radical (unpaired) electrons. The van der Waals surface area contributed by atoms with Gasteiger partial charge in [-0.15, -0.1) is 0 Å². The Morgan fingerprint density at radius 3 is 0.671 bits per heavy atom. The van der Waals surface area contributed by atoms with Crippen molar-refractivity contribution in [3.8, 4) is 0 Å². The fourth-order valence-corrected chi connectivity index (χ4v) is 10.7. The Morgan fingerprint density at radius 1 is 0.241 bits per heavy atom. The number of carbonyl (C=O) groups is 3. The van der Waals surface area contributed by atoms with Gasteiger partial charge in [0.15, 0.2) is 6.10 Å². The molecule has 0 amide bonds. The van der Waals surface area contributed by atoms with Gasteiger partial charge in [0.05, 0.1) is 0 Å². The number of hydrogen-bond acceptors (Lipinski definition) is 6. The molecular formula is C73H136O6. The quantitative estimate of drug-likeness (QED) is 0.0261. The van der Waals surface area contributed by atoms with E-state index in [0.717, 1.165) is 64.2 Å². The predicted molar refractivity (Wildman–Crippen MR) is 344 cm³/mol. The summed E-state index contributed by atoms with van der Waals surface area (Å²) in [7, 11) is 0. The van der Waals surface area contributed by atoms with Crippen molar-refractivity contribution in [2.45, 2.75) is 399 Å². The molecule has 0 aromatic heterocycles. The van der Waals surface area contributed by atoms with E-state index in [1.807, 2.05) is 0 Å². The van der Waals surface area contributed by atoms with Gasteiger partial charge in [-0.2, -0.15) is 0 Å². The fourth-order valence-electron chi connectivity index (χ4n) is 10.7. The second-order valence-corrected chi connectivity index (χ2v) is 24.1. The molecule has 0 spiro atoms. The van der Waals surface area contributed by atoms with Crippen LogP contribution in [0.1, 0.15) is 393 Å². The summed E-state index contributed by atoms with van der Waals surface area (Å²) < 4.78 is 16.9. The molecule has 0 aromatic carbocycles. The Morgan fingerprint density at radius 2 is 0.430 bits per heavy atom. The van der Waals surface area contributed by atoms with Crippen LogP contribution in [0.3, 0.4) is 0 Å². The summed E-state index contributed by atoms with van der Waals surface area (Å²) in [5, 5.41) is 0. The number of unbranched alkanes of at least 4 members (excludes halogenated alkanes) is 49. The lowest BCUT2D eigenvalue weighted by atomic mass is 10.0. The van der Waals surface area contributed by atoms with E-state index in [0.29, 0.717) is 19.3 Å². The number of allylic oxidation sites excluding steroid dienone is 6. The molecule has 79 heavy (non-hydrogen) atoms. The van der Waals surface area contributed by atoms with Gasteiger partial charge in [-0.05, 0) is 89.9 Å². The van der Waals surface area contributed by atoms with Crippen molar-refractivity contribution in [2.24, 2.45) is 0 Å². The van der Waals surface area contributed by atoms with Crippen LogP contribution >= 0.6 is 0 Å². The lowest BCUT2D eigenvalue weighted by Gasteiger charge is -2.18. The van der Waals surface area contributed by atoms with Crippen LogP contribution in [-0.4, -0.2) is 37.2 Å². The fraction of sp³-hybridized carbons (Fsp3) is 0.877. The van der Waals surface area contributed by atoms with E-state index >= 15 is 0 Å². The van der Waals surface area contributed by atoms with Gasteiger partial charge >= 0.3 is 17.9 Å². The summed E-state index contributed by atoms with van der Waals surface area (Å²) in [5.74, 6) is -0.863. The second kappa shape index (κ2) is 68.1. The topological polar surface area (TPSA) is 78.9 Å². The molecule has 0 bridgehead atoms. The highest BCUT2D eigenvalue weighted by atomic mass is 16.6. The smallest absolute Gasteiger partial charge is 0.306 e. The minimum absolute atomic E-state index is 0.0721. The second-order valence-electron chi connectivity index (χ2n) is 24.1. The van der Waals surface area contributed by atoms with Crippen LogP contribution in [0.25, 0.3) is 0 Å². The molecule has 0 aliphatic rings. The zero-order valence-electron chi connectivity index (χ0n) is 53.4. The number of carbonyl (C=O) groups excluding carboxylic acids is 3. The highest BCUT2D eigenvalue weighted by Gasteiger charge is 2.19. The summed E-state index contributed by atoms with van der Waals surface area (Å²) in [6.45, 7) is 6.65. The molecule has 1 atom stereocenters. The predicted octanol–water partition coefficient (Wildman–Crippen LogP) is 24.3. The first kappa shape index (κ1) is 76.6. The summed E-state index contributed by atoms with van der Waals surface area (Å²) in [6.07, 6.45) is 84.8. The van der Waals surface area contributed by atoms with Crippen LogP contribution < -0.4 is 0 Å². The minimum atomic E-state index is -0.776. The Balaban J connectivity index is 4.06. The standard InChI is InChI=1S/C73H136O6/c1-4-7-10-13-16-19-22-24-26-28-29-30-31-32-33-34-35-36-37-38-39-40-41-42-43-45-46-48-51-54-57-60-63-66-72(75)78-69-70(68-77-71(74)65-62-59-56-53-50-21-18-15-12-9-6-3)79-73(76)67-64-61-58-55-52-49-47-44-27-25-23-20-17-14-11-8-5-2/h15,18,25,27-29,70H,4-14,16-17,19-24,26,30-69H2,1-3H3/b18-15-,27-25-,29-28-. The van der Waals surface area contributed by atoms with Crippen molar-refractivity contribution >= 4 is 17.9 Å². The molecule has 6 nitrogen and oxygen atoms in total. The summed E-state index contributed by atoms with van der Waals surface area (Å²) in [4.78, 5) is 38.3. The average Bonchev–Trinajstić information content (AvgIpc) is 3.45. The SMILES string of the molecule is CCCC/C=C\CCCCCCCC(=O)OCC(COC(=O)CCCCCCCCCCCCCCCCCCCCCCC/C=C\CCCCCCCCCC)OC(=O)CCCCCCCCC/C=C\CCCCCCCC. The minimum Gasteiger partial charge on any atom is -0.462 e. The van der Waals surface area contributed by atoms with Crippen LogP contribution in [0.2, 0.25) is 0 Å². The first-order valence-corrected chi connectivity index (χ1v) is 35.5. The Labute approximate surface area is 493 Å². The van der Waals surface area contributed by atoms with E-state index in [2.05, 4.69) is 57.2 Å². The van der Waals surface area contributed by atoms with Crippen molar-refractivity contribution in [1.29, 1.82) is 0 Å². The zero-order valence-corrected chi connectivity index (χ0v) is 53.4. The van der Waals surface area contributed by atoms with Gasteiger partial charge in [-0.1, -0.05) is 320 Å². The van der Waals surface area contributed by atoms with Crippen molar-refractivity contribution in [2.75, 3.05) is 13.2 Å². The molecule has 0 aliphatic carbocycles. The molecule has 0 heterocycles. The maximum absolute atomic E-state index is 12.9. The molecule has 6 heteroatoms. The van der Waals surface area contributed by atoms with Crippen molar-refractivity contribution in [3.63, 3.8) is 0 Å². The first-order chi connectivity index (χ1) is 39.0. The zero-order chi connectivity index (χ0) is 57.1. The van der Waals surface area contributed by atoms with E-state index in [9.17, 15) is 14.4 Å². The molecular weight excluding hydrogens is 973 g/mol. The number of esters is 3. The molecule has 0 saturated carbocycles. The van der Waals surface area contributed by atoms with Gasteiger partial charge in [0.25, 0.3) is 0 Å². The molecule has 0 N–H and O–H groups in total. The van der Waals surface area contributed by atoms with Crippen molar-refractivity contribution in [3.05, 3.63) is 36.5 Å². The summed E-state index contributed by atoms with van der Waals surface area (Å²) in [6, 6.07) is 0. The Hall–Kier alpha value is -2.37. The van der Waals surface area contributed by atoms with Gasteiger partial charge < -0.3 is 14.2 Å². The van der Waals surface area contributed by atoms with Crippen LogP contribution in [-0.2, 0) is 28.6 Å². The third-order valence-electron chi connectivity index (χ3n) is 16.1. The Bertz CT molecular complexity index is 1320. The number of ether oxygens (including phenoxy) is 3. The van der Waals surface area contributed by atoms with Gasteiger partial charge in [0, 0.05) is 19.3 Å². The normalized spacial score (nSPS) is 12.2. The summed E-state index contributed by atoms with van der Waals surface area (Å²) in [5.41, 5.74) is 0. The number of hydrogen-bond donors (Lipinski definition) is 0. The van der Waals surface area contributed by atoms with E-state index in [1.54, 1.807) is 0 Å². The lowest BCUT2D eigenvalue weighted by molar-refractivity contribution is -0.167. The summed E-state index contributed by atoms with van der Waals surface area (Å²) >= 11 is 0. The monoisotopic (exact) mass is 1110 g/mol. The average molecular weight is 1110 g/mol. The van der Waals surface area contributed by atoms with Crippen molar-refractivity contribution in [1.82, 2.24) is 0 Å². The molecule has 0 fully saturated rings. The van der Waals surface area contributed by atoms with Crippen LogP contribution in [0.15, 0.2) is 36.5 Å². The maximum Gasteiger partial charge on any atom is 0.306 e. The van der Waals surface area contributed by atoms with Gasteiger partial charge in [-0.3, -0.25) is 14.4 Å². The highest BCUT2D eigenvalue weighted by molar-refractivity contribution is 5.71. The van der Waals surface area contributed by atoms with Gasteiger partial charge in [0.1, 0.15) is 13.2 Å². The van der Waals surface area contributed by atoms with Crippen LogP contribution in [0.5, 0.6) is 0 Å². The van der Waals surface area contributed by atoms with Crippen molar-refractivity contribution < 1.29 is 28.6 Å². The molecule has 0 rings (SSSR count). The molecule has 464 valence electrons. The molecule has 0 aromatic rings.